The lowest BCUT2D eigenvalue weighted by atomic mass is 9.80. The lowest BCUT2D eigenvalue weighted by molar-refractivity contribution is -0.259. The molecular formula is C69H80F6O18S. The van der Waals surface area contributed by atoms with E-state index in [0.29, 0.717) is 64.5 Å². The zero-order chi connectivity index (χ0) is 70.3. The summed E-state index contributed by atoms with van der Waals surface area (Å²) in [6.45, 7) is 30.4. The molecule has 16 atom stereocenters. The lowest BCUT2D eigenvalue weighted by Crippen LogP contribution is -2.44. The van der Waals surface area contributed by atoms with E-state index in [0.717, 1.165) is 45.1 Å². The molecule has 512 valence electrons. The number of carbonyl (C=O) groups excluding carboxylic acids is 6. The molecule has 0 spiro atoms. The first-order valence-electron chi connectivity index (χ1n) is 30.2. The van der Waals surface area contributed by atoms with Crippen molar-refractivity contribution in [2.75, 3.05) is 0 Å². The van der Waals surface area contributed by atoms with Crippen LogP contribution < -0.4 is 9.47 Å². The molecule has 16 unspecified atom stereocenters. The largest absolute Gasteiger partial charge is 0.508 e. The van der Waals surface area contributed by atoms with Gasteiger partial charge < -0.3 is 43.7 Å². The van der Waals surface area contributed by atoms with Crippen LogP contribution in [0, 0.1) is 47.3 Å². The van der Waals surface area contributed by atoms with Crippen LogP contribution in [0.15, 0.2) is 135 Å². The number of phenols is 1. The first-order chi connectivity index (χ1) is 43.6. The number of esters is 6. The van der Waals surface area contributed by atoms with Crippen LogP contribution in [0.5, 0.6) is 17.2 Å². The number of rotatable bonds is 14. The van der Waals surface area contributed by atoms with E-state index < -0.39 is 63.8 Å². The SMILES string of the molecule is C=C(C)C(=O)OC1C2CC3C(=O)OC1C3C2.C=C(C)C(=O)OC1C2CC3C1OS(=O)(=O)C3C2.C=C(C)C(=O)OC1CC2CC1CC2CC(C)(O)C(F)(F)F.C=C(C)C(=O)Oc1ccc(O)cc1.C=Cc1ccc(C(C)(O)C(F)(F)F)cc1.C=Cc1ccc(OC(C)=O)cc1. The molecule has 8 aliphatic rings. The molecule has 6 bridgehead atoms. The van der Waals surface area contributed by atoms with Gasteiger partial charge in [-0.3, -0.25) is 13.8 Å². The summed E-state index contributed by atoms with van der Waals surface area (Å²) in [6, 6.07) is 18.5. The van der Waals surface area contributed by atoms with Gasteiger partial charge in [0.05, 0.1) is 11.2 Å². The zero-order valence-electron chi connectivity index (χ0n) is 53.2. The minimum Gasteiger partial charge on any atom is -0.508 e. The molecule has 2 aliphatic heterocycles. The number of carbonyl (C=O) groups is 6. The summed E-state index contributed by atoms with van der Waals surface area (Å²) >= 11 is 0. The Labute approximate surface area is 542 Å². The highest BCUT2D eigenvalue weighted by Crippen LogP contribution is 2.57. The van der Waals surface area contributed by atoms with Crippen molar-refractivity contribution >= 4 is 58.1 Å². The molecule has 3 aromatic rings. The van der Waals surface area contributed by atoms with Crippen LogP contribution in [-0.2, 0) is 67.6 Å². The maximum atomic E-state index is 12.7. The summed E-state index contributed by atoms with van der Waals surface area (Å²) in [4.78, 5) is 67.5. The average molecular weight is 1340 g/mol. The molecule has 2 heterocycles. The van der Waals surface area contributed by atoms with Gasteiger partial charge >= 0.3 is 48.2 Å². The number of hydrogen-bond acceptors (Lipinski definition) is 18. The van der Waals surface area contributed by atoms with Crippen LogP contribution in [0.2, 0.25) is 0 Å². The van der Waals surface area contributed by atoms with Gasteiger partial charge in [0.25, 0.3) is 10.1 Å². The molecule has 8 fully saturated rings. The van der Waals surface area contributed by atoms with Gasteiger partial charge in [-0.05, 0) is 164 Å². The van der Waals surface area contributed by atoms with Gasteiger partial charge in [-0.1, -0.05) is 88.0 Å². The number of aromatic hydroxyl groups is 1. The Morgan fingerprint density at radius 1 is 0.574 bits per heavy atom. The Bertz CT molecular complexity index is 3460. The zero-order valence-corrected chi connectivity index (χ0v) is 54.0. The number of fused-ring (bicyclic) bond motifs is 4. The van der Waals surface area contributed by atoms with E-state index in [1.165, 1.54) is 61.5 Å². The Kier molecular flexibility index (Phi) is 24.2. The van der Waals surface area contributed by atoms with Gasteiger partial charge in [0.2, 0.25) is 0 Å². The van der Waals surface area contributed by atoms with Crippen molar-refractivity contribution in [1.29, 1.82) is 0 Å². The normalized spacial score (nSPS) is 28.2. The van der Waals surface area contributed by atoms with Gasteiger partial charge in [0, 0.05) is 52.9 Å². The van der Waals surface area contributed by atoms with Crippen molar-refractivity contribution < 1.29 is 111 Å². The number of ether oxygens (including phenoxy) is 6. The van der Waals surface area contributed by atoms with Crippen molar-refractivity contribution in [2.24, 2.45) is 47.3 Å². The van der Waals surface area contributed by atoms with Crippen LogP contribution in [0.4, 0.5) is 26.3 Å². The Morgan fingerprint density at radius 2 is 1.04 bits per heavy atom. The highest BCUT2D eigenvalue weighted by atomic mass is 32.2. The summed E-state index contributed by atoms with van der Waals surface area (Å²) < 4.78 is 135. The molecule has 94 heavy (non-hydrogen) atoms. The highest BCUT2D eigenvalue weighted by molar-refractivity contribution is 7.87. The molecule has 18 nitrogen and oxygen atoms in total. The summed E-state index contributed by atoms with van der Waals surface area (Å²) in [7, 11) is -3.43. The van der Waals surface area contributed by atoms with Crippen LogP contribution in [-0.4, -0.2) is 113 Å². The summed E-state index contributed by atoms with van der Waals surface area (Å²) in [5, 5.41) is 27.5. The third-order valence-corrected chi connectivity index (χ3v) is 19.6. The molecule has 6 aliphatic carbocycles. The Hall–Kier alpha value is -7.87. The number of aliphatic hydroxyl groups is 2. The predicted octanol–water partition coefficient (Wildman–Crippen LogP) is 12.1. The van der Waals surface area contributed by atoms with Crippen LogP contribution in [0.25, 0.3) is 12.2 Å². The number of benzene rings is 3. The van der Waals surface area contributed by atoms with Gasteiger partial charge in [-0.2, -0.15) is 34.8 Å². The van der Waals surface area contributed by atoms with E-state index >= 15 is 0 Å². The fraction of sp³-hybridized carbons (Fsp3) is 0.478. The third-order valence-electron chi connectivity index (χ3n) is 17.9. The maximum Gasteiger partial charge on any atom is 0.421 e. The monoisotopic (exact) mass is 1340 g/mol. The van der Waals surface area contributed by atoms with E-state index in [2.05, 4.69) is 39.5 Å². The molecule has 25 heteroatoms. The second kappa shape index (κ2) is 30.3. The van der Waals surface area contributed by atoms with Gasteiger partial charge in [0.15, 0.2) is 11.2 Å². The summed E-state index contributed by atoms with van der Waals surface area (Å²) in [5.74, 6) is -0.262. The average Bonchev–Trinajstić information content (AvgIpc) is 1.57. The van der Waals surface area contributed by atoms with E-state index in [4.69, 9.17) is 37.7 Å². The summed E-state index contributed by atoms with van der Waals surface area (Å²) in [5.41, 5.74) is -2.54. The van der Waals surface area contributed by atoms with Gasteiger partial charge in [-0.15, -0.1) is 0 Å². The van der Waals surface area contributed by atoms with Crippen molar-refractivity contribution in [3.8, 4) is 17.2 Å². The molecule has 0 aromatic heterocycles. The van der Waals surface area contributed by atoms with Gasteiger partial charge in [-0.25, -0.2) is 19.2 Å². The van der Waals surface area contributed by atoms with Crippen LogP contribution in [0.3, 0.4) is 0 Å². The first-order valence-corrected chi connectivity index (χ1v) is 31.7. The smallest absolute Gasteiger partial charge is 0.421 e. The van der Waals surface area contributed by atoms with Crippen molar-refractivity contribution in [2.45, 2.75) is 159 Å². The van der Waals surface area contributed by atoms with E-state index in [-0.39, 0.29) is 101 Å². The number of halogens is 6. The van der Waals surface area contributed by atoms with Crippen molar-refractivity contribution in [3.05, 3.63) is 151 Å². The van der Waals surface area contributed by atoms with Crippen molar-refractivity contribution in [3.63, 3.8) is 0 Å². The Morgan fingerprint density at radius 3 is 1.51 bits per heavy atom. The highest BCUT2D eigenvalue weighted by Gasteiger charge is 2.66. The topological polar surface area (TPSA) is 262 Å². The molecular weight excluding hydrogens is 1260 g/mol. The number of hydrogen-bond donors (Lipinski definition) is 3. The molecule has 2 saturated heterocycles. The van der Waals surface area contributed by atoms with Crippen molar-refractivity contribution in [1.82, 2.24) is 0 Å². The van der Waals surface area contributed by atoms with E-state index in [1.807, 2.05) is 12.1 Å². The Balaban J connectivity index is 0.000000180. The minimum atomic E-state index is -4.68. The molecule has 3 N–H and O–H groups in total. The maximum absolute atomic E-state index is 12.7. The second-order valence-electron chi connectivity index (χ2n) is 25.3. The molecule has 11 rings (SSSR count). The molecule has 3 aromatic carbocycles. The van der Waals surface area contributed by atoms with E-state index in [1.54, 1.807) is 45.9 Å². The number of phenolic OH excluding ortho intramolecular Hbond substituents is 1. The van der Waals surface area contributed by atoms with Crippen LogP contribution in [0.1, 0.15) is 117 Å². The fourth-order valence-corrected chi connectivity index (χ4v) is 14.7. The third kappa shape index (κ3) is 18.3. The van der Waals surface area contributed by atoms with E-state index in [9.17, 15) is 73.7 Å². The lowest BCUT2D eigenvalue weighted by Gasteiger charge is -2.34. The molecule has 0 radical (unpaired) electrons. The fourth-order valence-electron chi connectivity index (χ4n) is 12.8. The minimum absolute atomic E-state index is 0.00733. The second-order valence-corrected chi connectivity index (χ2v) is 27.1. The number of alkyl halides is 6. The molecule has 6 saturated carbocycles. The van der Waals surface area contributed by atoms with Crippen LogP contribution >= 0.6 is 0 Å². The standard InChI is InChI=1S/C15H21F3O3.C12H14O4.C11H11F3O.C11H14O5S.C10H10O3.C10H10O2/c1-8(2)13(19)21-12-6-9-4-10(12)5-11(9)7-14(3,20)15(16,17)18;1-5(2)11(13)15-9-6-3-7-8(4-6)12(14)16-10(7)9;1-3-8-4-6-9(7-5-8)10(2,15)11(12,13)14;1-5(2)11(12)15-9-6-3-7-8(4-6)17(13,14)16-10(7)9;1-7(2)10(12)13-9-5-3-8(11)4-6-9;1-3-9-4-6-10(7-5-9)12-8(2)11/h9-12,20H,1,4-7H2,2-3H3;6-10H,1,3-4H2,2H3;3-7,15H,1H2,2H3;6-10H,1,3-4H2,2H3;3-6,11H,1H2,2H3;3-7H,1H2,2H3. The predicted molar refractivity (Wildman–Crippen MR) is 332 cm³/mol. The first kappa shape index (κ1) is 75.2. The van der Waals surface area contributed by atoms with Gasteiger partial charge in [0.1, 0.15) is 47.8 Å². The quantitative estimate of drug-likeness (QED) is 0.0338. The molecule has 0 amide bonds. The summed E-state index contributed by atoms with van der Waals surface area (Å²) in [6.07, 6.45) is -2.82.